The lowest BCUT2D eigenvalue weighted by atomic mass is 9.57. The molecule has 0 aromatic heterocycles. The van der Waals surface area contributed by atoms with Crippen molar-refractivity contribution in [1.29, 1.82) is 0 Å². The van der Waals surface area contributed by atoms with Crippen LogP contribution in [0, 0.1) is 11.8 Å². The number of aliphatic hydroxyl groups is 3. The highest BCUT2D eigenvalue weighted by atomic mass is 35.5. The fraction of sp³-hybridized carbons (Fsp3) is 0.321. The van der Waals surface area contributed by atoms with Crippen LogP contribution in [0.1, 0.15) is 17.5 Å². The van der Waals surface area contributed by atoms with Gasteiger partial charge in [0, 0.05) is 22.1 Å². The summed E-state index contributed by atoms with van der Waals surface area (Å²) in [5.74, 6) is -6.49. The molecule has 0 saturated heterocycles. The first-order valence-corrected chi connectivity index (χ1v) is 12.6. The summed E-state index contributed by atoms with van der Waals surface area (Å²) in [6.45, 7) is 0. The molecule has 10 nitrogen and oxygen atoms in total. The molecule has 3 aliphatic carbocycles. The van der Waals surface area contributed by atoms with Gasteiger partial charge in [-0.25, -0.2) is 0 Å². The van der Waals surface area contributed by atoms with E-state index in [1.54, 1.807) is 38.4 Å². The number of phenolic OH excluding ortho intramolecular Hbond substituents is 1. The number of Topliss-reactive ketones (excluding diaryl/α,β-unsaturated/α-hetero) is 2. The van der Waals surface area contributed by atoms with E-state index in [9.17, 15) is 34.8 Å². The minimum atomic E-state index is -2.69. The third-order valence-electron chi connectivity index (χ3n) is 8.06. The molecule has 1 saturated carbocycles. The first-order chi connectivity index (χ1) is 18.3. The molecular formula is C28H27ClN2O8. The van der Waals surface area contributed by atoms with Gasteiger partial charge in [-0.3, -0.25) is 19.3 Å². The molecule has 2 aromatic rings. The molecule has 0 unspecified atom stereocenters. The Bertz CT molecular complexity index is 1530. The van der Waals surface area contributed by atoms with Crippen molar-refractivity contribution in [3.63, 3.8) is 0 Å². The number of carbonyl (C=O) groups is 3. The van der Waals surface area contributed by atoms with Crippen molar-refractivity contribution >= 4 is 34.8 Å². The van der Waals surface area contributed by atoms with E-state index in [1.807, 2.05) is 0 Å². The monoisotopic (exact) mass is 554 g/mol. The molecule has 6 N–H and O–H groups in total. The number of rotatable bonds is 4. The van der Waals surface area contributed by atoms with Crippen molar-refractivity contribution < 1.29 is 39.5 Å². The summed E-state index contributed by atoms with van der Waals surface area (Å²) in [6.07, 6.45) is 0.140. The maximum absolute atomic E-state index is 13.9. The number of nitrogens with zero attached hydrogens (tertiary/aromatic N) is 1. The van der Waals surface area contributed by atoms with Crippen LogP contribution in [0.4, 0.5) is 0 Å². The Balaban J connectivity index is 1.76. The van der Waals surface area contributed by atoms with Crippen molar-refractivity contribution in [2.75, 3.05) is 21.2 Å². The van der Waals surface area contributed by atoms with Gasteiger partial charge in [0.25, 0.3) is 5.91 Å². The van der Waals surface area contributed by atoms with Crippen LogP contribution < -0.4 is 10.5 Å². The number of ketones is 2. The molecule has 39 heavy (non-hydrogen) atoms. The second kappa shape index (κ2) is 9.11. The average Bonchev–Trinajstić information content (AvgIpc) is 2.86. The van der Waals surface area contributed by atoms with Gasteiger partial charge in [0.15, 0.2) is 11.4 Å². The fourth-order valence-corrected chi connectivity index (χ4v) is 6.56. The Morgan fingerprint density at radius 1 is 1.13 bits per heavy atom. The van der Waals surface area contributed by atoms with Gasteiger partial charge in [-0.05, 0) is 68.2 Å². The fourth-order valence-electron chi connectivity index (χ4n) is 6.39. The van der Waals surface area contributed by atoms with Gasteiger partial charge in [-0.15, -0.1) is 0 Å². The van der Waals surface area contributed by atoms with E-state index in [-0.39, 0.29) is 29.7 Å². The van der Waals surface area contributed by atoms with Crippen molar-refractivity contribution in [3.8, 4) is 22.6 Å². The Kier molecular flexibility index (Phi) is 6.25. The predicted molar refractivity (Wildman–Crippen MR) is 141 cm³/mol. The number of hydrogen-bond donors (Lipinski definition) is 5. The van der Waals surface area contributed by atoms with Gasteiger partial charge in [-0.2, -0.15) is 0 Å². The van der Waals surface area contributed by atoms with E-state index in [0.29, 0.717) is 27.5 Å². The number of phenols is 1. The largest absolute Gasteiger partial charge is 0.508 e. The van der Waals surface area contributed by atoms with E-state index < -0.39 is 58.0 Å². The summed E-state index contributed by atoms with van der Waals surface area (Å²) in [4.78, 5) is 40.7. The molecule has 0 bridgehead atoms. The van der Waals surface area contributed by atoms with Crippen LogP contribution in [-0.2, 0) is 20.8 Å². The van der Waals surface area contributed by atoms with Crippen LogP contribution in [0.2, 0.25) is 5.02 Å². The van der Waals surface area contributed by atoms with Gasteiger partial charge in [-0.1, -0.05) is 17.7 Å². The Morgan fingerprint density at radius 3 is 2.44 bits per heavy atom. The summed E-state index contributed by atoms with van der Waals surface area (Å²) in [7, 11) is 4.60. The molecule has 1 fully saturated rings. The van der Waals surface area contributed by atoms with Crippen molar-refractivity contribution in [2.24, 2.45) is 17.6 Å². The normalized spacial score (nSPS) is 26.4. The summed E-state index contributed by atoms with van der Waals surface area (Å²) < 4.78 is 5.51. The van der Waals surface area contributed by atoms with E-state index in [0.717, 1.165) is 0 Å². The van der Waals surface area contributed by atoms with E-state index in [1.165, 1.54) is 18.1 Å². The second-order valence-electron chi connectivity index (χ2n) is 10.3. The van der Waals surface area contributed by atoms with Crippen molar-refractivity contribution in [1.82, 2.24) is 4.90 Å². The summed E-state index contributed by atoms with van der Waals surface area (Å²) in [5, 5.41) is 45.3. The molecule has 0 radical (unpaired) electrons. The standard InChI is InChI=1S/C28H27ClN2O8/c1-31(2)22-16-9-11-8-15-13(14-10-12(29)4-7-18(14)39-3)5-6-17(32)20(15)23(33)19(11)25(35)28(16,38)26(36)21(24(22)34)27(30)37/h4-7,10-11,16,22,32-33,36,38H,8-9H2,1-3H3,(H2,30,37)/t11-,16+,22+,28+/m0/s1. The van der Waals surface area contributed by atoms with Crippen LogP contribution >= 0.6 is 11.6 Å². The molecule has 4 atom stereocenters. The first-order valence-electron chi connectivity index (χ1n) is 12.2. The maximum atomic E-state index is 13.9. The smallest absolute Gasteiger partial charge is 0.255 e. The van der Waals surface area contributed by atoms with Crippen LogP contribution in [0.5, 0.6) is 11.5 Å². The number of fused-ring (bicyclic) bond motifs is 3. The number of amides is 1. The van der Waals surface area contributed by atoms with Crippen molar-refractivity contribution in [2.45, 2.75) is 24.5 Å². The number of primary amides is 1. The van der Waals surface area contributed by atoms with Crippen LogP contribution in [0.15, 0.2) is 47.2 Å². The Morgan fingerprint density at radius 2 is 1.82 bits per heavy atom. The minimum Gasteiger partial charge on any atom is -0.508 e. The van der Waals surface area contributed by atoms with Crippen molar-refractivity contribution in [3.05, 3.63) is 63.4 Å². The lowest BCUT2D eigenvalue weighted by Gasteiger charge is -2.50. The van der Waals surface area contributed by atoms with E-state index in [2.05, 4.69) is 0 Å². The van der Waals surface area contributed by atoms with Crippen LogP contribution in [-0.4, -0.2) is 75.6 Å². The van der Waals surface area contributed by atoms with E-state index >= 15 is 0 Å². The Hall–Kier alpha value is -3.86. The second-order valence-corrected chi connectivity index (χ2v) is 10.7. The average molecular weight is 555 g/mol. The van der Waals surface area contributed by atoms with E-state index in [4.69, 9.17) is 22.1 Å². The summed E-state index contributed by atoms with van der Waals surface area (Å²) in [6, 6.07) is 6.90. The van der Waals surface area contributed by atoms with Gasteiger partial charge in [0.2, 0.25) is 5.78 Å². The summed E-state index contributed by atoms with van der Waals surface area (Å²) in [5.41, 5.74) is 3.30. The first kappa shape index (κ1) is 26.7. The summed E-state index contributed by atoms with van der Waals surface area (Å²) >= 11 is 6.26. The zero-order valence-electron chi connectivity index (χ0n) is 21.4. The number of aromatic hydroxyl groups is 1. The molecule has 5 rings (SSSR count). The number of carbonyl (C=O) groups excluding carboxylic acids is 3. The number of likely N-dealkylation sites (N-methyl/N-ethyl adjacent to an activating group) is 1. The number of benzene rings is 2. The SMILES string of the molecule is COc1ccc(Cl)cc1-c1ccc(O)c2c1C[C@H]1C[C@@H]3[C@@H](N(C)C)C(=O)C(C(N)=O)=C(O)[C@]3(O)C(=O)C1=C2O. The van der Waals surface area contributed by atoms with Crippen LogP contribution in [0.25, 0.3) is 16.9 Å². The minimum absolute atomic E-state index is 0.00641. The molecular weight excluding hydrogens is 528 g/mol. The number of nitrogens with two attached hydrogens (primary N) is 1. The predicted octanol–water partition coefficient (Wildman–Crippen LogP) is 2.29. The number of ether oxygens (including phenoxy) is 1. The van der Waals surface area contributed by atoms with Gasteiger partial charge < -0.3 is 30.9 Å². The third kappa shape index (κ3) is 3.66. The highest BCUT2D eigenvalue weighted by Crippen LogP contribution is 2.54. The lowest BCUT2D eigenvalue weighted by molar-refractivity contribution is -0.153. The lowest BCUT2D eigenvalue weighted by Crippen LogP contribution is -2.65. The van der Waals surface area contributed by atoms with Crippen LogP contribution in [0.3, 0.4) is 0 Å². The third-order valence-corrected chi connectivity index (χ3v) is 8.29. The molecule has 11 heteroatoms. The number of aliphatic hydroxyl groups excluding tert-OH is 2. The molecule has 1 amide bonds. The zero-order chi connectivity index (χ0) is 28.5. The molecule has 2 aromatic carbocycles. The van der Waals surface area contributed by atoms with Gasteiger partial charge >= 0.3 is 0 Å². The molecule has 0 spiro atoms. The van der Waals surface area contributed by atoms with Gasteiger partial charge in [0.1, 0.15) is 28.6 Å². The number of hydrogen-bond acceptors (Lipinski definition) is 9. The quantitative estimate of drug-likeness (QED) is 0.356. The highest BCUT2D eigenvalue weighted by Gasteiger charge is 2.64. The number of methoxy groups -OCH3 is 1. The zero-order valence-corrected chi connectivity index (χ0v) is 22.1. The maximum Gasteiger partial charge on any atom is 0.255 e. The van der Waals surface area contributed by atoms with Gasteiger partial charge in [0.05, 0.1) is 18.7 Å². The molecule has 0 heterocycles. The molecule has 0 aliphatic heterocycles. The molecule has 204 valence electrons. The topological polar surface area (TPSA) is 171 Å². The Labute approximate surface area is 228 Å². The highest BCUT2D eigenvalue weighted by molar-refractivity contribution is 6.31. The molecule has 3 aliphatic rings. The number of halogens is 1.